The Kier molecular flexibility index (Phi) is 14.6. The lowest BCUT2D eigenvalue weighted by Crippen LogP contribution is -2.07. The minimum Gasteiger partial charge on any atom is -0.466 e. The minimum absolute atomic E-state index is 0.0343. The molecule has 0 amide bonds. The molecule has 18 heavy (non-hydrogen) atoms. The minimum atomic E-state index is -4.00. The molecule has 110 valence electrons. The average molecular weight is 288 g/mol. The SMILES string of the molecule is CCCCCCC(=O)OCCC.FC(F)(F)CP. The highest BCUT2D eigenvalue weighted by molar-refractivity contribution is 7.16. The monoisotopic (exact) mass is 288 g/mol. The summed E-state index contributed by atoms with van der Waals surface area (Å²) in [5.41, 5.74) is 0. The van der Waals surface area contributed by atoms with Gasteiger partial charge in [-0.2, -0.15) is 13.2 Å². The number of rotatable bonds is 7. The highest BCUT2D eigenvalue weighted by Crippen LogP contribution is 2.16. The molecule has 2 nitrogen and oxygen atoms in total. The molecule has 0 saturated carbocycles. The van der Waals surface area contributed by atoms with Crippen molar-refractivity contribution in [3.63, 3.8) is 0 Å². The van der Waals surface area contributed by atoms with E-state index in [9.17, 15) is 18.0 Å². The predicted octanol–water partition coefficient (Wildman–Crippen LogP) is 4.33. The van der Waals surface area contributed by atoms with Gasteiger partial charge in [-0.3, -0.25) is 4.79 Å². The predicted molar refractivity (Wildman–Crippen MR) is 70.6 cm³/mol. The molecule has 0 fully saturated rings. The molecule has 1 atom stereocenters. The Bertz CT molecular complexity index is 196. The van der Waals surface area contributed by atoms with E-state index in [0.29, 0.717) is 13.0 Å². The Labute approximate surface area is 110 Å². The fourth-order valence-electron chi connectivity index (χ4n) is 0.984. The quantitative estimate of drug-likeness (QED) is 0.396. The number of esters is 1. The number of carbonyl (C=O) groups is 1. The summed E-state index contributed by atoms with van der Waals surface area (Å²) in [4.78, 5) is 10.9. The van der Waals surface area contributed by atoms with Crippen LogP contribution in [-0.4, -0.2) is 24.9 Å². The summed E-state index contributed by atoms with van der Waals surface area (Å²) < 4.78 is 37.2. The molecule has 0 saturated heterocycles. The van der Waals surface area contributed by atoms with Gasteiger partial charge in [0, 0.05) is 6.42 Å². The number of ether oxygens (including phenoxy) is 1. The van der Waals surface area contributed by atoms with Gasteiger partial charge in [0.15, 0.2) is 0 Å². The van der Waals surface area contributed by atoms with Crippen molar-refractivity contribution in [2.75, 3.05) is 12.8 Å². The van der Waals surface area contributed by atoms with Crippen LogP contribution in [0.3, 0.4) is 0 Å². The van der Waals surface area contributed by atoms with Gasteiger partial charge in [-0.15, -0.1) is 9.24 Å². The summed E-state index contributed by atoms with van der Waals surface area (Å²) in [6, 6.07) is 0. The van der Waals surface area contributed by atoms with Crippen LogP contribution in [0.25, 0.3) is 0 Å². The molecule has 1 unspecified atom stereocenters. The van der Waals surface area contributed by atoms with E-state index >= 15 is 0 Å². The second kappa shape index (κ2) is 13.1. The summed E-state index contributed by atoms with van der Waals surface area (Å²) in [6.45, 7) is 4.74. The Morgan fingerprint density at radius 3 is 2.06 bits per heavy atom. The van der Waals surface area contributed by atoms with Gasteiger partial charge in [0.2, 0.25) is 0 Å². The van der Waals surface area contributed by atoms with Gasteiger partial charge in [0.1, 0.15) is 0 Å². The first-order valence-corrected chi connectivity index (χ1v) is 7.11. The molecule has 0 aliphatic carbocycles. The fourth-order valence-corrected chi connectivity index (χ4v) is 0.984. The smallest absolute Gasteiger partial charge is 0.392 e. The third-order valence-electron chi connectivity index (χ3n) is 1.93. The summed E-state index contributed by atoms with van der Waals surface area (Å²) in [6.07, 6.45) is 1.28. The zero-order chi connectivity index (χ0) is 14.4. The molecular formula is C12H24F3O2P. The first-order chi connectivity index (χ1) is 8.37. The van der Waals surface area contributed by atoms with Crippen LogP contribution in [0.5, 0.6) is 0 Å². The molecule has 0 bridgehead atoms. The molecule has 0 rings (SSSR count). The second-order valence-corrected chi connectivity index (χ2v) is 4.26. The number of halogens is 3. The second-order valence-electron chi connectivity index (χ2n) is 3.85. The molecule has 0 aliphatic heterocycles. The first-order valence-electron chi connectivity index (χ1n) is 6.29. The lowest BCUT2D eigenvalue weighted by molar-refractivity contribution is -0.143. The molecular weight excluding hydrogens is 264 g/mol. The van der Waals surface area contributed by atoms with Crippen LogP contribution in [0.1, 0.15) is 52.4 Å². The summed E-state index contributed by atoms with van der Waals surface area (Å²) in [7, 11) is 1.60. The first kappa shape index (κ1) is 20.0. The number of hydrogen-bond donors (Lipinski definition) is 0. The van der Waals surface area contributed by atoms with Gasteiger partial charge in [0.25, 0.3) is 0 Å². The molecule has 0 radical (unpaired) electrons. The van der Waals surface area contributed by atoms with Crippen LogP contribution >= 0.6 is 9.24 Å². The zero-order valence-corrected chi connectivity index (χ0v) is 12.3. The van der Waals surface area contributed by atoms with Crippen LogP contribution in [0.15, 0.2) is 0 Å². The van der Waals surface area contributed by atoms with E-state index in [1.807, 2.05) is 6.92 Å². The molecule has 0 heterocycles. The van der Waals surface area contributed by atoms with Crippen molar-refractivity contribution in [3.8, 4) is 0 Å². The third kappa shape index (κ3) is 21.0. The van der Waals surface area contributed by atoms with E-state index in [2.05, 4.69) is 6.92 Å². The maximum atomic E-state index is 10.9. The Morgan fingerprint density at radius 1 is 1.11 bits per heavy atom. The number of hydrogen-bond acceptors (Lipinski definition) is 2. The van der Waals surface area contributed by atoms with Crippen molar-refractivity contribution in [2.24, 2.45) is 0 Å². The summed E-state index contributed by atoms with van der Waals surface area (Å²) >= 11 is 0. The van der Waals surface area contributed by atoms with Crippen molar-refractivity contribution < 1.29 is 22.7 Å². The fraction of sp³-hybridized carbons (Fsp3) is 0.917. The maximum Gasteiger partial charge on any atom is 0.392 e. The third-order valence-corrected chi connectivity index (χ3v) is 2.40. The summed E-state index contributed by atoms with van der Waals surface area (Å²) in [5, 5.41) is 0. The maximum absolute atomic E-state index is 10.9. The van der Waals surface area contributed by atoms with Gasteiger partial charge >= 0.3 is 12.1 Å². The van der Waals surface area contributed by atoms with E-state index in [4.69, 9.17) is 4.74 Å². The van der Waals surface area contributed by atoms with Gasteiger partial charge in [-0.05, 0) is 12.8 Å². The van der Waals surface area contributed by atoms with Crippen LogP contribution in [0.2, 0.25) is 0 Å². The van der Waals surface area contributed by atoms with Crippen molar-refractivity contribution in [3.05, 3.63) is 0 Å². The van der Waals surface area contributed by atoms with Crippen LogP contribution in [0.4, 0.5) is 13.2 Å². The average Bonchev–Trinajstić information content (AvgIpc) is 2.32. The molecule has 0 aromatic rings. The Hall–Kier alpha value is -0.310. The largest absolute Gasteiger partial charge is 0.466 e. The molecule has 6 heteroatoms. The van der Waals surface area contributed by atoms with Crippen molar-refractivity contribution in [1.29, 1.82) is 0 Å². The topological polar surface area (TPSA) is 26.3 Å². The van der Waals surface area contributed by atoms with E-state index in [1.165, 1.54) is 12.8 Å². The van der Waals surface area contributed by atoms with E-state index in [-0.39, 0.29) is 5.97 Å². The number of unbranched alkanes of at least 4 members (excludes halogenated alkanes) is 3. The normalized spacial score (nSPS) is 10.6. The number of carbonyl (C=O) groups excluding carboxylic acids is 1. The molecule has 0 spiro atoms. The van der Waals surface area contributed by atoms with Gasteiger partial charge in [0.05, 0.1) is 12.8 Å². The Morgan fingerprint density at radius 2 is 1.67 bits per heavy atom. The van der Waals surface area contributed by atoms with Crippen LogP contribution in [-0.2, 0) is 9.53 Å². The molecule has 0 aromatic heterocycles. The van der Waals surface area contributed by atoms with Crippen LogP contribution in [0, 0.1) is 0 Å². The highest BCUT2D eigenvalue weighted by atomic mass is 31.0. The summed E-state index contributed by atoms with van der Waals surface area (Å²) in [5.74, 6) is -0.0343. The lowest BCUT2D eigenvalue weighted by Gasteiger charge is -2.01. The number of alkyl halides is 3. The van der Waals surface area contributed by atoms with E-state index < -0.39 is 12.3 Å². The van der Waals surface area contributed by atoms with Gasteiger partial charge < -0.3 is 4.74 Å². The zero-order valence-electron chi connectivity index (χ0n) is 11.2. The van der Waals surface area contributed by atoms with Crippen molar-refractivity contribution in [1.82, 2.24) is 0 Å². The van der Waals surface area contributed by atoms with E-state index in [1.54, 1.807) is 9.24 Å². The van der Waals surface area contributed by atoms with Gasteiger partial charge in [-0.25, -0.2) is 0 Å². The lowest BCUT2D eigenvalue weighted by atomic mass is 10.2. The van der Waals surface area contributed by atoms with Crippen molar-refractivity contribution in [2.45, 2.75) is 58.5 Å². The van der Waals surface area contributed by atoms with Crippen LogP contribution < -0.4 is 0 Å². The molecule has 0 aromatic carbocycles. The Balaban J connectivity index is 0. The molecule has 0 aliphatic rings. The molecule has 0 N–H and O–H groups in total. The standard InChI is InChI=1S/C10H20O2.C2H4F3P/c1-3-5-6-7-8-10(11)12-9-4-2;3-2(4,5)1-6/h3-9H2,1-2H3;1,6H2. The highest BCUT2D eigenvalue weighted by Gasteiger charge is 2.22. The van der Waals surface area contributed by atoms with Gasteiger partial charge in [-0.1, -0.05) is 33.1 Å². The van der Waals surface area contributed by atoms with E-state index in [0.717, 1.165) is 19.3 Å². The van der Waals surface area contributed by atoms with Crippen molar-refractivity contribution >= 4 is 15.2 Å².